The summed E-state index contributed by atoms with van der Waals surface area (Å²) in [5.41, 5.74) is 0.0966. The summed E-state index contributed by atoms with van der Waals surface area (Å²) in [5.74, 6) is 0.161. The van der Waals surface area contributed by atoms with E-state index in [9.17, 15) is 14.9 Å². The highest BCUT2D eigenvalue weighted by Crippen LogP contribution is 2.24. The van der Waals surface area contributed by atoms with E-state index in [2.05, 4.69) is 5.32 Å². The molecule has 0 unspecified atom stereocenters. The zero-order valence-electron chi connectivity index (χ0n) is 10.9. The number of ether oxygens (including phenoxy) is 2. The molecule has 0 aliphatic carbocycles. The fourth-order valence-corrected chi connectivity index (χ4v) is 1.58. The Balaban J connectivity index is 2.65. The van der Waals surface area contributed by atoms with Gasteiger partial charge in [0.05, 0.1) is 36.9 Å². The molecule has 7 nitrogen and oxygen atoms in total. The molecule has 0 bridgehead atoms. The number of hydrogen-bond acceptors (Lipinski definition) is 5. The minimum absolute atomic E-state index is 0.135. The van der Waals surface area contributed by atoms with Gasteiger partial charge in [-0.3, -0.25) is 14.9 Å². The highest BCUT2D eigenvalue weighted by molar-refractivity contribution is 6.17. The second-order valence-corrected chi connectivity index (χ2v) is 4.08. The molecule has 1 amide bonds. The topological polar surface area (TPSA) is 90.7 Å². The Morgan fingerprint density at radius 2 is 2.20 bits per heavy atom. The predicted octanol–water partition coefficient (Wildman–Crippen LogP) is 1.59. The van der Waals surface area contributed by atoms with Crippen LogP contribution in [0.5, 0.6) is 5.75 Å². The van der Waals surface area contributed by atoms with Crippen molar-refractivity contribution in [3.63, 3.8) is 0 Å². The molecule has 0 aromatic heterocycles. The van der Waals surface area contributed by atoms with Crippen LogP contribution in [0, 0.1) is 10.1 Å². The van der Waals surface area contributed by atoms with Crippen molar-refractivity contribution in [1.29, 1.82) is 0 Å². The van der Waals surface area contributed by atoms with Gasteiger partial charge in [-0.05, 0) is 6.07 Å². The number of non-ortho nitro benzene ring substituents is 1. The van der Waals surface area contributed by atoms with E-state index in [4.69, 9.17) is 21.1 Å². The molecule has 20 heavy (non-hydrogen) atoms. The molecule has 0 saturated carbocycles. The third-order valence-electron chi connectivity index (χ3n) is 2.39. The molecule has 0 atom stereocenters. The average Bonchev–Trinajstić information content (AvgIpc) is 2.46. The number of amides is 1. The van der Waals surface area contributed by atoms with Gasteiger partial charge in [0.15, 0.2) is 0 Å². The molecule has 1 rings (SSSR count). The largest absolute Gasteiger partial charge is 0.496 e. The number of alkyl halides is 1. The van der Waals surface area contributed by atoms with Gasteiger partial charge in [0.1, 0.15) is 5.75 Å². The smallest absolute Gasteiger partial charge is 0.273 e. The number of halogens is 1. The maximum Gasteiger partial charge on any atom is 0.273 e. The molecule has 0 saturated heterocycles. The van der Waals surface area contributed by atoms with Crippen molar-refractivity contribution in [2.24, 2.45) is 0 Å². The Kier molecular flexibility index (Phi) is 6.75. The van der Waals surface area contributed by atoms with Gasteiger partial charge >= 0.3 is 0 Å². The van der Waals surface area contributed by atoms with Crippen molar-refractivity contribution >= 4 is 23.2 Å². The van der Waals surface area contributed by atoms with Crippen molar-refractivity contribution in [1.82, 2.24) is 5.32 Å². The number of carbonyl (C=O) groups excluding carboxylic acids is 1. The lowest BCUT2D eigenvalue weighted by Crippen LogP contribution is -2.27. The fourth-order valence-electron chi connectivity index (χ4n) is 1.47. The van der Waals surface area contributed by atoms with E-state index < -0.39 is 4.92 Å². The van der Waals surface area contributed by atoms with Gasteiger partial charge in [0, 0.05) is 18.5 Å². The second-order valence-electron chi connectivity index (χ2n) is 3.70. The Morgan fingerprint density at radius 3 is 2.80 bits per heavy atom. The first-order chi connectivity index (χ1) is 9.60. The van der Waals surface area contributed by atoms with Gasteiger partial charge < -0.3 is 14.8 Å². The molecule has 1 aromatic rings. The van der Waals surface area contributed by atoms with Crippen molar-refractivity contribution in [2.45, 2.75) is 0 Å². The third kappa shape index (κ3) is 4.67. The third-order valence-corrected chi connectivity index (χ3v) is 2.55. The molecule has 110 valence electrons. The van der Waals surface area contributed by atoms with Gasteiger partial charge in [-0.1, -0.05) is 0 Å². The number of nitro groups is 1. The van der Waals surface area contributed by atoms with Crippen LogP contribution in [0.3, 0.4) is 0 Å². The van der Waals surface area contributed by atoms with Crippen LogP contribution in [0.4, 0.5) is 5.69 Å². The molecule has 0 radical (unpaired) electrons. The standard InChI is InChI=1S/C12H15ClN2O5/c1-19-11-8-9(15(17)18)2-3-10(11)12(16)14-5-7-20-6-4-13/h2-3,8H,4-7H2,1H3,(H,14,16). The fraction of sp³-hybridized carbons (Fsp3) is 0.417. The average molecular weight is 303 g/mol. The molecule has 1 aromatic carbocycles. The van der Waals surface area contributed by atoms with Crippen molar-refractivity contribution < 1.29 is 19.2 Å². The van der Waals surface area contributed by atoms with E-state index in [1.54, 1.807) is 0 Å². The van der Waals surface area contributed by atoms with Gasteiger partial charge in [-0.15, -0.1) is 11.6 Å². The Morgan fingerprint density at radius 1 is 1.45 bits per heavy atom. The molecule has 8 heteroatoms. The first kappa shape index (κ1) is 16.2. The number of carbonyl (C=O) groups is 1. The van der Waals surface area contributed by atoms with E-state index in [0.29, 0.717) is 25.6 Å². The molecular formula is C12H15ClN2O5. The molecule has 0 aliphatic heterocycles. The lowest BCUT2D eigenvalue weighted by molar-refractivity contribution is -0.384. The summed E-state index contributed by atoms with van der Waals surface area (Å²) in [7, 11) is 1.35. The Bertz CT molecular complexity index is 481. The first-order valence-electron chi connectivity index (χ1n) is 5.84. The monoisotopic (exact) mass is 302 g/mol. The molecule has 0 heterocycles. The van der Waals surface area contributed by atoms with E-state index in [-0.39, 0.29) is 22.9 Å². The Hall–Kier alpha value is -1.86. The SMILES string of the molecule is COc1cc([N+](=O)[O-])ccc1C(=O)NCCOCCCl. The maximum absolute atomic E-state index is 11.9. The van der Waals surface area contributed by atoms with Crippen LogP contribution in [0.15, 0.2) is 18.2 Å². The molecule has 0 fully saturated rings. The lowest BCUT2D eigenvalue weighted by Gasteiger charge is -2.09. The van der Waals surface area contributed by atoms with Gasteiger partial charge in [-0.25, -0.2) is 0 Å². The van der Waals surface area contributed by atoms with Crippen LogP contribution in [-0.2, 0) is 4.74 Å². The van der Waals surface area contributed by atoms with Gasteiger partial charge in [-0.2, -0.15) is 0 Å². The van der Waals surface area contributed by atoms with E-state index in [0.717, 1.165) is 0 Å². The highest BCUT2D eigenvalue weighted by Gasteiger charge is 2.16. The number of nitrogens with one attached hydrogen (secondary N) is 1. The minimum atomic E-state index is -0.551. The number of benzene rings is 1. The number of nitrogens with zero attached hydrogens (tertiary/aromatic N) is 1. The van der Waals surface area contributed by atoms with Crippen LogP contribution in [0.2, 0.25) is 0 Å². The van der Waals surface area contributed by atoms with Crippen molar-refractivity contribution in [3.8, 4) is 5.75 Å². The summed E-state index contributed by atoms with van der Waals surface area (Å²) in [6, 6.07) is 3.81. The van der Waals surface area contributed by atoms with Crippen LogP contribution in [0.25, 0.3) is 0 Å². The van der Waals surface area contributed by atoms with Crippen molar-refractivity contribution in [2.75, 3.05) is 32.7 Å². The van der Waals surface area contributed by atoms with Crippen molar-refractivity contribution in [3.05, 3.63) is 33.9 Å². The van der Waals surface area contributed by atoms with Gasteiger partial charge in [0.25, 0.3) is 11.6 Å². The predicted molar refractivity (Wildman–Crippen MR) is 73.5 cm³/mol. The summed E-state index contributed by atoms with van der Waals surface area (Å²) in [5, 5.41) is 13.3. The summed E-state index contributed by atoms with van der Waals surface area (Å²) >= 11 is 5.43. The van der Waals surface area contributed by atoms with Crippen LogP contribution in [-0.4, -0.2) is 43.6 Å². The van der Waals surface area contributed by atoms with Gasteiger partial charge in [0.2, 0.25) is 0 Å². The van der Waals surface area contributed by atoms with Crippen LogP contribution >= 0.6 is 11.6 Å². The van der Waals surface area contributed by atoms with E-state index in [1.165, 1.54) is 25.3 Å². The van der Waals surface area contributed by atoms with Crippen LogP contribution < -0.4 is 10.1 Å². The molecule has 0 spiro atoms. The zero-order chi connectivity index (χ0) is 15.0. The van der Waals surface area contributed by atoms with E-state index >= 15 is 0 Å². The number of nitro benzene ring substituents is 1. The zero-order valence-corrected chi connectivity index (χ0v) is 11.7. The van der Waals surface area contributed by atoms with E-state index in [1.807, 2.05) is 0 Å². The highest BCUT2D eigenvalue weighted by atomic mass is 35.5. The summed E-state index contributed by atoms with van der Waals surface area (Å²) in [6.45, 7) is 1.07. The Labute approximate surface area is 121 Å². The molecule has 1 N–H and O–H groups in total. The van der Waals surface area contributed by atoms with Crippen LogP contribution in [0.1, 0.15) is 10.4 Å². The second kappa shape index (κ2) is 8.34. The summed E-state index contributed by atoms with van der Waals surface area (Å²) < 4.78 is 10.1. The normalized spacial score (nSPS) is 10.1. The number of methoxy groups -OCH3 is 1. The summed E-state index contributed by atoms with van der Waals surface area (Å²) in [4.78, 5) is 22.0. The quantitative estimate of drug-likeness (QED) is 0.341. The molecule has 0 aliphatic rings. The lowest BCUT2D eigenvalue weighted by atomic mass is 10.1. The first-order valence-corrected chi connectivity index (χ1v) is 6.38. The number of hydrogen-bond donors (Lipinski definition) is 1. The minimum Gasteiger partial charge on any atom is -0.496 e. The molecular weight excluding hydrogens is 288 g/mol. The number of rotatable bonds is 8. The summed E-state index contributed by atoms with van der Waals surface area (Å²) in [6.07, 6.45) is 0. The maximum atomic E-state index is 11.9.